The van der Waals surface area contributed by atoms with E-state index in [-0.39, 0.29) is 15.5 Å². The summed E-state index contributed by atoms with van der Waals surface area (Å²) in [6.45, 7) is -0.431. The van der Waals surface area contributed by atoms with E-state index in [2.05, 4.69) is 0 Å². The minimum absolute atomic E-state index is 0.0334. The number of primary amides is 1. The average Bonchev–Trinajstić information content (AvgIpc) is 2.27. The van der Waals surface area contributed by atoms with Gasteiger partial charge in [-0.05, 0) is 18.2 Å². The van der Waals surface area contributed by atoms with Crippen molar-refractivity contribution in [3.05, 3.63) is 28.8 Å². The molecular formula is C10H10ClN3O3S. The van der Waals surface area contributed by atoms with E-state index < -0.39 is 22.5 Å². The molecule has 1 aromatic carbocycles. The Balaban J connectivity index is 3.18. The molecule has 8 heteroatoms. The van der Waals surface area contributed by atoms with Gasteiger partial charge in [0, 0.05) is 7.05 Å². The Bertz CT molecular complexity index is 622. The topological polar surface area (TPSA) is 104 Å². The van der Waals surface area contributed by atoms with Gasteiger partial charge in [-0.3, -0.25) is 4.79 Å². The molecule has 2 N–H and O–H groups in total. The number of hydrogen-bond donors (Lipinski definition) is 1. The first-order valence-corrected chi connectivity index (χ1v) is 6.55. The number of hydrogen-bond acceptors (Lipinski definition) is 4. The molecule has 0 heterocycles. The smallest absolute Gasteiger partial charge is 0.243 e. The normalized spacial score (nSPS) is 11.2. The van der Waals surface area contributed by atoms with Crippen LogP contribution in [0.1, 0.15) is 5.56 Å². The lowest BCUT2D eigenvalue weighted by Crippen LogP contribution is -2.35. The van der Waals surface area contributed by atoms with Crippen LogP contribution in [0.2, 0.25) is 5.02 Å². The Hall–Kier alpha value is -1.62. The number of carbonyl (C=O) groups excluding carboxylic acids is 1. The second-order valence-electron chi connectivity index (χ2n) is 3.48. The molecule has 0 bridgehead atoms. The monoisotopic (exact) mass is 287 g/mol. The highest BCUT2D eigenvalue weighted by atomic mass is 35.5. The number of rotatable bonds is 4. The van der Waals surface area contributed by atoms with Gasteiger partial charge >= 0.3 is 0 Å². The van der Waals surface area contributed by atoms with Crippen LogP contribution >= 0.6 is 11.6 Å². The summed E-state index contributed by atoms with van der Waals surface area (Å²) >= 11 is 5.75. The fourth-order valence-corrected chi connectivity index (χ4v) is 2.68. The zero-order valence-corrected chi connectivity index (χ0v) is 11.0. The molecule has 1 aromatic rings. The first-order valence-electron chi connectivity index (χ1n) is 4.73. The molecule has 96 valence electrons. The summed E-state index contributed by atoms with van der Waals surface area (Å²) in [4.78, 5) is 10.6. The van der Waals surface area contributed by atoms with Crippen molar-refractivity contribution in [1.29, 1.82) is 5.26 Å². The molecule has 0 aliphatic rings. The van der Waals surface area contributed by atoms with E-state index in [4.69, 9.17) is 22.6 Å². The van der Waals surface area contributed by atoms with Gasteiger partial charge in [0.1, 0.15) is 6.07 Å². The molecule has 0 radical (unpaired) electrons. The third kappa shape index (κ3) is 2.98. The molecule has 0 aromatic heterocycles. The second kappa shape index (κ2) is 5.35. The molecule has 0 atom stereocenters. The van der Waals surface area contributed by atoms with Crippen molar-refractivity contribution in [3.8, 4) is 6.07 Å². The average molecular weight is 288 g/mol. The standard InChI is InChI=1S/C10H10ClN3O3S/c1-14(6-10(13)15)18(16,17)8-3-2-7(5-12)9(11)4-8/h2-4H,6H2,1H3,(H2,13,15). The van der Waals surface area contributed by atoms with E-state index in [1.165, 1.54) is 19.2 Å². The lowest BCUT2D eigenvalue weighted by Gasteiger charge is -2.15. The van der Waals surface area contributed by atoms with Gasteiger partial charge in [0.2, 0.25) is 15.9 Å². The van der Waals surface area contributed by atoms with Crippen LogP contribution in [0.5, 0.6) is 0 Å². The molecule has 0 spiro atoms. The summed E-state index contributed by atoms with van der Waals surface area (Å²) in [5.74, 6) is -0.763. The third-order valence-electron chi connectivity index (χ3n) is 2.15. The maximum atomic E-state index is 12.0. The zero-order chi connectivity index (χ0) is 13.9. The molecule has 18 heavy (non-hydrogen) atoms. The summed E-state index contributed by atoms with van der Waals surface area (Å²) in [6, 6.07) is 5.53. The summed E-state index contributed by atoms with van der Waals surface area (Å²) < 4.78 is 24.8. The van der Waals surface area contributed by atoms with Gasteiger partial charge in [-0.25, -0.2) is 8.42 Å². The first-order chi connectivity index (χ1) is 8.28. The van der Waals surface area contributed by atoms with Crippen LogP contribution in [0.3, 0.4) is 0 Å². The van der Waals surface area contributed by atoms with Crippen molar-refractivity contribution in [2.75, 3.05) is 13.6 Å². The quantitative estimate of drug-likeness (QED) is 0.861. The largest absolute Gasteiger partial charge is 0.369 e. The van der Waals surface area contributed by atoms with Gasteiger partial charge in [-0.15, -0.1) is 0 Å². The summed E-state index contributed by atoms with van der Waals surface area (Å²) in [5, 5.41) is 8.72. The van der Waals surface area contributed by atoms with E-state index in [0.717, 1.165) is 10.4 Å². The minimum Gasteiger partial charge on any atom is -0.369 e. The number of nitrogens with two attached hydrogens (primary N) is 1. The van der Waals surface area contributed by atoms with Crippen molar-refractivity contribution < 1.29 is 13.2 Å². The second-order valence-corrected chi connectivity index (χ2v) is 5.93. The number of halogens is 1. The fourth-order valence-electron chi connectivity index (χ4n) is 1.23. The third-order valence-corrected chi connectivity index (χ3v) is 4.26. The summed E-state index contributed by atoms with van der Waals surface area (Å²) in [5.41, 5.74) is 5.10. The number of nitriles is 1. The van der Waals surface area contributed by atoms with Crippen molar-refractivity contribution in [3.63, 3.8) is 0 Å². The molecule has 0 aliphatic carbocycles. The number of carbonyl (C=O) groups is 1. The summed E-state index contributed by atoms with van der Waals surface area (Å²) in [7, 11) is -2.61. The van der Waals surface area contributed by atoms with Gasteiger partial charge in [0.25, 0.3) is 0 Å². The lowest BCUT2D eigenvalue weighted by atomic mass is 10.2. The van der Waals surface area contributed by atoms with E-state index in [1.807, 2.05) is 6.07 Å². The predicted molar refractivity (Wildman–Crippen MR) is 65.2 cm³/mol. The minimum atomic E-state index is -3.84. The molecule has 0 fully saturated rings. The predicted octanol–water partition coefficient (Wildman–Crippen LogP) is 0.317. The van der Waals surface area contributed by atoms with Gasteiger partial charge in [-0.2, -0.15) is 9.57 Å². The Morgan fingerprint density at radius 1 is 1.56 bits per heavy atom. The van der Waals surface area contributed by atoms with E-state index >= 15 is 0 Å². The van der Waals surface area contributed by atoms with Crippen LogP contribution in [0.25, 0.3) is 0 Å². The summed E-state index contributed by atoms with van der Waals surface area (Å²) in [6.07, 6.45) is 0. The molecule has 0 aliphatic heterocycles. The zero-order valence-electron chi connectivity index (χ0n) is 9.42. The van der Waals surface area contributed by atoms with Crippen molar-refractivity contribution in [2.45, 2.75) is 4.90 Å². The highest BCUT2D eigenvalue weighted by molar-refractivity contribution is 7.89. The van der Waals surface area contributed by atoms with Crippen molar-refractivity contribution in [1.82, 2.24) is 4.31 Å². The van der Waals surface area contributed by atoms with Crippen LogP contribution in [0, 0.1) is 11.3 Å². The van der Waals surface area contributed by atoms with Crippen molar-refractivity contribution >= 4 is 27.5 Å². The Kier molecular flexibility index (Phi) is 4.29. The fraction of sp³-hybridized carbons (Fsp3) is 0.200. The number of amides is 1. The molecule has 0 unspecified atom stereocenters. The molecule has 0 saturated heterocycles. The molecule has 1 rings (SSSR count). The van der Waals surface area contributed by atoms with Gasteiger partial charge in [0.05, 0.1) is 22.0 Å². The lowest BCUT2D eigenvalue weighted by molar-refractivity contribution is -0.118. The van der Waals surface area contributed by atoms with E-state index in [0.29, 0.717) is 0 Å². The Morgan fingerprint density at radius 3 is 2.61 bits per heavy atom. The Labute approximate surface area is 110 Å². The SMILES string of the molecule is CN(CC(N)=O)S(=O)(=O)c1ccc(C#N)c(Cl)c1. The van der Waals surface area contributed by atoms with E-state index in [9.17, 15) is 13.2 Å². The number of sulfonamides is 1. The van der Waals surface area contributed by atoms with Crippen LogP contribution < -0.4 is 5.73 Å². The Morgan fingerprint density at radius 2 is 2.17 bits per heavy atom. The maximum Gasteiger partial charge on any atom is 0.243 e. The first kappa shape index (κ1) is 14.4. The van der Waals surface area contributed by atoms with Gasteiger partial charge < -0.3 is 5.73 Å². The highest BCUT2D eigenvalue weighted by Gasteiger charge is 2.22. The molecule has 6 nitrogen and oxygen atoms in total. The maximum absolute atomic E-state index is 12.0. The number of nitrogens with zero attached hydrogens (tertiary/aromatic N) is 2. The molecule has 1 amide bonds. The van der Waals surface area contributed by atoms with Crippen LogP contribution in [0.15, 0.2) is 23.1 Å². The highest BCUT2D eigenvalue weighted by Crippen LogP contribution is 2.22. The van der Waals surface area contributed by atoms with Gasteiger partial charge in [-0.1, -0.05) is 11.6 Å². The van der Waals surface area contributed by atoms with E-state index in [1.54, 1.807) is 0 Å². The molecular weight excluding hydrogens is 278 g/mol. The van der Waals surface area contributed by atoms with Crippen LogP contribution in [-0.2, 0) is 14.8 Å². The van der Waals surface area contributed by atoms with Crippen LogP contribution in [0.4, 0.5) is 0 Å². The van der Waals surface area contributed by atoms with Crippen LogP contribution in [-0.4, -0.2) is 32.2 Å². The number of benzene rings is 1. The van der Waals surface area contributed by atoms with Gasteiger partial charge in [0.15, 0.2) is 0 Å². The molecule has 0 saturated carbocycles. The number of likely N-dealkylation sites (N-methyl/N-ethyl adjacent to an activating group) is 1. The van der Waals surface area contributed by atoms with Crippen molar-refractivity contribution in [2.24, 2.45) is 5.73 Å².